The zero-order chi connectivity index (χ0) is 17.7. The summed E-state index contributed by atoms with van der Waals surface area (Å²) in [6, 6.07) is 13.4. The van der Waals surface area contributed by atoms with E-state index in [1.165, 1.54) is 5.56 Å². The summed E-state index contributed by atoms with van der Waals surface area (Å²) in [4.78, 5) is 11.9. The third kappa shape index (κ3) is 5.01. The molecule has 0 aliphatic carbocycles. The number of anilines is 1. The van der Waals surface area contributed by atoms with Crippen LogP contribution in [0.25, 0.3) is 0 Å². The molecular formula is C20H26N2O2. The van der Waals surface area contributed by atoms with Gasteiger partial charge in [0, 0.05) is 5.69 Å². The molecule has 0 aliphatic heterocycles. The molecule has 2 amide bonds. The Balaban J connectivity index is 1.92. The van der Waals surface area contributed by atoms with Gasteiger partial charge < -0.3 is 15.4 Å². The zero-order valence-corrected chi connectivity index (χ0v) is 15.1. The van der Waals surface area contributed by atoms with Gasteiger partial charge in [-0.1, -0.05) is 56.2 Å². The lowest BCUT2D eigenvalue weighted by Crippen LogP contribution is -2.32. The summed E-state index contributed by atoms with van der Waals surface area (Å²) in [6.45, 7) is 10.6. The van der Waals surface area contributed by atoms with Gasteiger partial charge in [0.2, 0.25) is 0 Å². The summed E-state index contributed by atoms with van der Waals surface area (Å²) in [6.07, 6.45) is 0. The molecule has 0 saturated heterocycles. The first kappa shape index (κ1) is 17.9. The highest BCUT2D eigenvalue weighted by Crippen LogP contribution is 2.31. The molecule has 2 aromatic carbocycles. The Bertz CT molecular complexity index is 701. The van der Waals surface area contributed by atoms with Crippen molar-refractivity contribution in [2.24, 2.45) is 0 Å². The summed E-state index contributed by atoms with van der Waals surface area (Å²) in [7, 11) is 0. The predicted octanol–water partition coefficient (Wildman–Crippen LogP) is 4.76. The van der Waals surface area contributed by atoms with Gasteiger partial charge >= 0.3 is 6.03 Å². The summed E-state index contributed by atoms with van der Waals surface area (Å²) < 4.78 is 5.77. The Labute approximate surface area is 144 Å². The molecule has 0 unspecified atom stereocenters. The number of rotatable bonds is 4. The van der Waals surface area contributed by atoms with Crippen molar-refractivity contribution >= 4 is 11.7 Å². The Morgan fingerprint density at radius 2 is 1.62 bits per heavy atom. The number of nitrogens with one attached hydrogen (secondary N) is 2. The molecule has 2 N–H and O–H groups in total. The van der Waals surface area contributed by atoms with E-state index in [1.807, 2.05) is 43.3 Å². The van der Waals surface area contributed by atoms with E-state index in [0.29, 0.717) is 0 Å². The fraction of sp³-hybridized carbons (Fsp3) is 0.350. The van der Waals surface area contributed by atoms with Crippen LogP contribution in [-0.4, -0.2) is 12.8 Å². The maximum absolute atomic E-state index is 11.9. The average Bonchev–Trinajstić information content (AvgIpc) is 2.50. The minimum absolute atomic E-state index is 0.0223. The number of amides is 2. The van der Waals surface area contributed by atoms with Gasteiger partial charge in [0.15, 0.2) is 6.73 Å². The van der Waals surface area contributed by atoms with Crippen molar-refractivity contribution in [2.75, 3.05) is 12.0 Å². The Kier molecular flexibility index (Phi) is 5.50. The van der Waals surface area contributed by atoms with E-state index in [1.54, 1.807) is 0 Å². The highest BCUT2D eigenvalue weighted by molar-refractivity contribution is 5.89. The van der Waals surface area contributed by atoms with Gasteiger partial charge in [-0.3, -0.25) is 0 Å². The second-order valence-corrected chi connectivity index (χ2v) is 7.04. The third-order valence-corrected chi connectivity index (χ3v) is 3.71. The fourth-order valence-corrected chi connectivity index (χ4v) is 2.35. The van der Waals surface area contributed by atoms with E-state index in [-0.39, 0.29) is 18.2 Å². The van der Waals surface area contributed by atoms with Gasteiger partial charge in [0.1, 0.15) is 5.75 Å². The van der Waals surface area contributed by atoms with Crippen molar-refractivity contribution in [1.29, 1.82) is 0 Å². The highest BCUT2D eigenvalue weighted by Gasteiger charge is 2.19. The molecule has 0 radical (unpaired) electrons. The number of urea groups is 1. The lowest BCUT2D eigenvalue weighted by Gasteiger charge is -2.23. The second-order valence-electron chi connectivity index (χ2n) is 7.04. The standard InChI is InChI=1S/C20H26N2O2/c1-14-6-9-16(10-7-14)22-19(23)21-13-24-18-11-8-15(2)12-17(18)20(3,4)5/h6-12H,13H2,1-5H3,(H2,21,22,23). The summed E-state index contributed by atoms with van der Waals surface area (Å²) in [5.74, 6) is 0.795. The first-order chi connectivity index (χ1) is 11.3. The van der Waals surface area contributed by atoms with E-state index < -0.39 is 0 Å². The smallest absolute Gasteiger partial charge is 0.321 e. The van der Waals surface area contributed by atoms with Crippen LogP contribution in [0.4, 0.5) is 10.5 Å². The molecule has 2 rings (SSSR count). The van der Waals surface area contributed by atoms with Crippen LogP contribution in [0.5, 0.6) is 5.75 Å². The quantitative estimate of drug-likeness (QED) is 0.796. The molecule has 0 spiro atoms. The van der Waals surface area contributed by atoms with Crippen LogP contribution in [0.1, 0.15) is 37.5 Å². The number of carbonyl (C=O) groups is 1. The summed E-state index contributed by atoms with van der Waals surface area (Å²) >= 11 is 0. The van der Waals surface area contributed by atoms with Gasteiger partial charge in [-0.15, -0.1) is 0 Å². The molecule has 4 nitrogen and oxygen atoms in total. The minimum atomic E-state index is -0.289. The summed E-state index contributed by atoms with van der Waals surface area (Å²) in [5.41, 5.74) is 4.20. The second kappa shape index (κ2) is 7.39. The molecule has 2 aromatic rings. The monoisotopic (exact) mass is 326 g/mol. The van der Waals surface area contributed by atoms with Crippen molar-refractivity contribution in [3.05, 3.63) is 59.2 Å². The maximum atomic E-state index is 11.9. The Hall–Kier alpha value is -2.49. The van der Waals surface area contributed by atoms with Crippen LogP contribution in [-0.2, 0) is 5.41 Å². The first-order valence-corrected chi connectivity index (χ1v) is 8.11. The minimum Gasteiger partial charge on any atom is -0.473 e. The Morgan fingerprint density at radius 3 is 2.25 bits per heavy atom. The van der Waals surface area contributed by atoms with Gasteiger partial charge in [-0.05, 0) is 43.0 Å². The number of hydrogen-bond donors (Lipinski definition) is 2. The molecule has 24 heavy (non-hydrogen) atoms. The lowest BCUT2D eigenvalue weighted by molar-refractivity contribution is 0.233. The fourth-order valence-electron chi connectivity index (χ4n) is 2.35. The molecule has 0 saturated carbocycles. The van der Waals surface area contributed by atoms with Crippen LogP contribution in [0.15, 0.2) is 42.5 Å². The van der Waals surface area contributed by atoms with Crippen molar-refractivity contribution in [3.8, 4) is 5.75 Å². The molecule has 0 aliphatic rings. The van der Waals surface area contributed by atoms with Crippen molar-refractivity contribution in [2.45, 2.75) is 40.0 Å². The van der Waals surface area contributed by atoms with Crippen LogP contribution < -0.4 is 15.4 Å². The van der Waals surface area contributed by atoms with Crippen LogP contribution in [0.3, 0.4) is 0 Å². The molecule has 0 atom stereocenters. The van der Waals surface area contributed by atoms with Crippen molar-refractivity contribution < 1.29 is 9.53 Å². The number of hydrogen-bond acceptors (Lipinski definition) is 2. The third-order valence-electron chi connectivity index (χ3n) is 3.71. The Morgan fingerprint density at radius 1 is 1.00 bits per heavy atom. The van der Waals surface area contributed by atoms with E-state index >= 15 is 0 Å². The SMILES string of the molecule is Cc1ccc(NC(=O)NCOc2ccc(C)cc2C(C)(C)C)cc1. The van der Waals surface area contributed by atoms with Crippen LogP contribution in [0.2, 0.25) is 0 Å². The molecule has 128 valence electrons. The topological polar surface area (TPSA) is 50.4 Å². The largest absolute Gasteiger partial charge is 0.473 e. The summed E-state index contributed by atoms with van der Waals surface area (Å²) in [5, 5.41) is 5.49. The molecule has 0 bridgehead atoms. The molecular weight excluding hydrogens is 300 g/mol. The average molecular weight is 326 g/mol. The van der Waals surface area contributed by atoms with E-state index in [2.05, 4.69) is 44.4 Å². The van der Waals surface area contributed by atoms with Gasteiger partial charge in [-0.2, -0.15) is 0 Å². The normalized spacial score (nSPS) is 11.0. The lowest BCUT2D eigenvalue weighted by atomic mass is 9.85. The highest BCUT2D eigenvalue weighted by atomic mass is 16.5. The van der Waals surface area contributed by atoms with Gasteiger partial charge in [-0.25, -0.2) is 4.79 Å². The molecule has 0 aromatic heterocycles. The van der Waals surface area contributed by atoms with Crippen LogP contribution >= 0.6 is 0 Å². The number of ether oxygens (including phenoxy) is 1. The van der Waals surface area contributed by atoms with E-state index in [0.717, 1.165) is 22.6 Å². The van der Waals surface area contributed by atoms with Gasteiger partial charge in [0.05, 0.1) is 0 Å². The zero-order valence-electron chi connectivity index (χ0n) is 15.1. The number of aryl methyl sites for hydroxylation is 2. The molecule has 0 fully saturated rings. The van der Waals surface area contributed by atoms with E-state index in [9.17, 15) is 4.79 Å². The van der Waals surface area contributed by atoms with Crippen LogP contribution in [0, 0.1) is 13.8 Å². The van der Waals surface area contributed by atoms with E-state index in [4.69, 9.17) is 4.74 Å². The van der Waals surface area contributed by atoms with Crippen molar-refractivity contribution in [3.63, 3.8) is 0 Å². The van der Waals surface area contributed by atoms with Crippen molar-refractivity contribution in [1.82, 2.24) is 5.32 Å². The maximum Gasteiger partial charge on any atom is 0.321 e. The van der Waals surface area contributed by atoms with Gasteiger partial charge in [0.25, 0.3) is 0 Å². The molecule has 4 heteroatoms. The number of benzene rings is 2. The molecule has 0 heterocycles. The number of carbonyl (C=O) groups excluding carboxylic acids is 1. The predicted molar refractivity (Wildman–Crippen MR) is 98.7 cm³/mol. The first-order valence-electron chi connectivity index (χ1n) is 8.11.